The van der Waals surface area contributed by atoms with E-state index in [1.54, 1.807) is 0 Å². The predicted molar refractivity (Wildman–Crippen MR) is 65.2 cm³/mol. The van der Waals surface area contributed by atoms with Gasteiger partial charge in [-0.2, -0.15) is 0 Å². The summed E-state index contributed by atoms with van der Waals surface area (Å²) < 4.78 is 6.14. The molecule has 0 spiro atoms. The van der Waals surface area contributed by atoms with Gasteiger partial charge in [0.05, 0.1) is 6.61 Å². The molecular formula is C12H14BrNO2. The number of nitrogens with two attached hydrogens (primary N) is 1. The van der Waals surface area contributed by atoms with Gasteiger partial charge in [-0.05, 0) is 18.1 Å². The van der Waals surface area contributed by atoms with Crippen LogP contribution in [-0.4, -0.2) is 24.5 Å². The van der Waals surface area contributed by atoms with Crippen molar-refractivity contribution < 1.29 is 9.53 Å². The summed E-state index contributed by atoms with van der Waals surface area (Å²) in [6.45, 7) is 0.925. The van der Waals surface area contributed by atoms with Crippen molar-refractivity contribution in [3.8, 4) is 0 Å². The molecule has 1 fully saturated rings. The predicted octanol–water partition coefficient (Wildman–Crippen LogP) is 1.68. The van der Waals surface area contributed by atoms with Crippen molar-refractivity contribution in [2.24, 2.45) is 5.73 Å². The number of benzene rings is 1. The first-order valence-electron chi connectivity index (χ1n) is 5.25. The van der Waals surface area contributed by atoms with E-state index in [9.17, 15) is 4.79 Å². The fourth-order valence-corrected chi connectivity index (χ4v) is 2.22. The highest BCUT2D eigenvalue weighted by Gasteiger charge is 2.37. The number of Topliss-reactive ketones (excluding diaryl/α,β-unsaturated/α-hetero) is 1. The monoisotopic (exact) mass is 283 g/mol. The van der Waals surface area contributed by atoms with Crippen molar-refractivity contribution in [1.29, 1.82) is 0 Å². The summed E-state index contributed by atoms with van der Waals surface area (Å²) in [7, 11) is 0. The number of halogens is 1. The van der Waals surface area contributed by atoms with E-state index in [0.29, 0.717) is 26.1 Å². The molecule has 0 radical (unpaired) electrons. The molecule has 0 aliphatic carbocycles. The Labute approximate surface area is 103 Å². The van der Waals surface area contributed by atoms with E-state index in [0.717, 1.165) is 10.0 Å². The number of carbonyl (C=O) groups is 1. The summed E-state index contributed by atoms with van der Waals surface area (Å²) in [5, 5.41) is 0. The lowest BCUT2D eigenvalue weighted by Crippen LogP contribution is -2.49. The quantitative estimate of drug-likeness (QED) is 0.918. The Morgan fingerprint density at radius 2 is 2.25 bits per heavy atom. The molecule has 1 heterocycles. The summed E-state index contributed by atoms with van der Waals surface area (Å²) in [5.41, 5.74) is 6.20. The minimum Gasteiger partial charge on any atom is -0.379 e. The van der Waals surface area contributed by atoms with Crippen LogP contribution in [0.1, 0.15) is 12.0 Å². The number of hydrogen-bond donors (Lipinski definition) is 1. The van der Waals surface area contributed by atoms with Crippen LogP contribution in [0.3, 0.4) is 0 Å². The van der Waals surface area contributed by atoms with E-state index in [2.05, 4.69) is 15.9 Å². The van der Waals surface area contributed by atoms with Gasteiger partial charge in [-0.3, -0.25) is 4.79 Å². The normalized spacial score (nSPS) is 24.6. The van der Waals surface area contributed by atoms with Gasteiger partial charge in [0.25, 0.3) is 0 Å². The van der Waals surface area contributed by atoms with Gasteiger partial charge in [0.2, 0.25) is 0 Å². The molecule has 0 bridgehead atoms. The van der Waals surface area contributed by atoms with Gasteiger partial charge in [0, 0.05) is 17.5 Å². The summed E-state index contributed by atoms with van der Waals surface area (Å²) in [5.74, 6) is 0.0527. The standard InChI is InChI=1S/C12H14BrNO2/c13-10-4-2-1-3-9(10)7-11(15)12(14)5-6-16-8-12/h1-4H,5-8,14H2. The summed E-state index contributed by atoms with van der Waals surface area (Å²) in [6, 6.07) is 7.70. The minimum atomic E-state index is -0.782. The summed E-state index contributed by atoms with van der Waals surface area (Å²) in [4.78, 5) is 12.1. The van der Waals surface area contributed by atoms with E-state index in [1.807, 2.05) is 24.3 Å². The molecule has 1 unspecified atom stereocenters. The third kappa shape index (κ3) is 2.34. The maximum Gasteiger partial charge on any atom is 0.159 e. The Balaban J connectivity index is 2.10. The molecule has 0 aromatic heterocycles. The number of rotatable bonds is 3. The van der Waals surface area contributed by atoms with Crippen LogP contribution in [0.15, 0.2) is 28.7 Å². The molecule has 16 heavy (non-hydrogen) atoms. The topological polar surface area (TPSA) is 52.3 Å². The zero-order valence-electron chi connectivity index (χ0n) is 8.91. The maximum absolute atomic E-state index is 12.1. The molecule has 1 aliphatic heterocycles. The summed E-state index contributed by atoms with van der Waals surface area (Å²) in [6.07, 6.45) is 0.984. The third-order valence-electron chi connectivity index (χ3n) is 2.92. The molecule has 4 heteroatoms. The van der Waals surface area contributed by atoms with Gasteiger partial charge in [0.1, 0.15) is 5.54 Å². The molecule has 1 aromatic carbocycles. The lowest BCUT2D eigenvalue weighted by atomic mass is 9.90. The van der Waals surface area contributed by atoms with Crippen molar-refractivity contribution >= 4 is 21.7 Å². The fraction of sp³-hybridized carbons (Fsp3) is 0.417. The molecular weight excluding hydrogens is 270 g/mol. The summed E-state index contributed by atoms with van der Waals surface area (Å²) >= 11 is 3.43. The molecule has 0 amide bonds. The highest BCUT2D eigenvalue weighted by Crippen LogP contribution is 2.22. The van der Waals surface area contributed by atoms with E-state index in [4.69, 9.17) is 10.5 Å². The minimum absolute atomic E-state index is 0.0527. The molecule has 1 atom stereocenters. The second-order valence-corrected chi connectivity index (χ2v) is 5.00. The Hall–Kier alpha value is -0.710. The smallest absolute Gasteiger partial charge is 0.159 e. The largest absolute Gasteiger partial charge is 0.379 e. The van der Waals surface area contributed by atoms with Gasteiger partial charge in [-0.15, -0.1) is 0 Å². The molecule has 2 rings (SSSR count). The second kappa shape index (κ2) is 4.65. The Kier molecular flexibility index (Phi) is 3.42. The molecule has 1 aliphatic rings. The first-order chi connectivity index (χ1) is 7.62. The Morgan fingerprint density at radius 3 is 2.88 bits per heavy atom. The number of ketones is 1. The van der Waals surface area contributed by atoms with Crippen LogP contribution in [-0.2, 0) is 16.0 Å². The molecule has 3 nitrogen and oxygen atoms in total. The number of ether oxygens (including phenoxy) is 1. The van der Waals surface area contributed by atoms with Crippen molar-refractivity contribution in [3.05, 3.63) is 34.3 Å². The molecule has 1 aromatic rings. The van der Waals surface area contributed by atoms with Crippen LogP contribution < -0.4 is 5.73 Å². The first-order valence-corrected chi connectivity index (χ1v) is 6.04. The highest BCUT2D eigenvalue weighted by molar-refractivity contribution is 9.10. The van der Waals surface area contributed by atoms with Gasteiger partial charge < -0.3 is 10.5 Å². The van der Waals surface area contributed by atoms with Gasteiger partial charge in [-0.1, -0.05) is 34.1 Å². The van der Waals surface area contributed by atoms with Gasteiger partial charge in [0.15, 0.2) is 5.78 Å². The average molecular weight is 284 g/mol. The maximum atomic E-state index is 12.1. The van der Waals surface area contributed by atoms with Crippen molar-refractivity contribution in [2.45, 2.75) is 18.4 Å². The van der Waals surface area contributed by atoms with Crippen LogP contribution in [0.2, 0.25) is 0 Å². The van der Waals surface area contributed by atoms with Crippen LogP contribution in [0.5, 0.6) is 0 Å². The van der Waals surface area contributed by atoms with Crippen LogP contribution >= 0.6 is 15.9 Å². The zero-order chi connectivity index (χ0) is 11.6. The van der Waals surface area contributed by atoms with Gasteiger partial charge in [-0.25, -0.2) is 0 Å². The molecule has 1 saturated heterocycles. The fourth-order valence-electron chi connectivity index (χ4n) is 1.79. The van der Waals surface area contributed by atoms with E-state index < -0.39 is 5.54 Å². The van der Waals surface area contributed by atoms with Crippen LogP contribution in [0.25, 0.3) is 0 Å². The lowest BCUT2D eigenvalue weighted by molar-refractivity contribution is -0.123. The Bertz CT molecular complexity index is 400. The Morgan fingerprint density at radius 1 is 1.50 bits per heavy atom. The second-order valence-electron chi connectivity index (χ2n) is 4.15. The molecule has 2 N–H and O–H groups in total. The molecule has 86 valence electrons. The van der Waals surface area contributed by atoms with Crippen molar-refractivity contribution in [1.82, 2.24) is 0 Å². The molecule has 0 saturated carbocycles. The van der Waals surface area contributed by atoms with Gasteiger partial charge >= 0.3 is 0 Å². The van der Waals surface area contributed by atoms with Crippen molar-refractivity contribution in [2.75, 3.05) is 13.2 Å². The SMILES string of the molecule is NC1(C(=O)Cc2ccccc2Br)CCOC1. The van der Waals surface area contributed by atoms with E-state index >= 15 is 0 Å². The van der Waals surface area contributed by atoms with Crippen LogP contribution in [0.4, 0.5) is 0 Å². The third-order valence-corrected chi connectivity index (χ3v) is 3.69. The lowest BCUT2D eigenvalue weighted by Gasteiger charge is -2.20. The highest BCUT2D eigenvalue weighted by atomic mass is 79.9. The van der Waals surface area contributed by atoms with Crippen molar-refractivity contribution in [3.63, 3.8) is 0 Å². The van der Waals surface area contributed by atoms with Crippen LogP contribution in [0, 0.1) is 0 Å². The number of carbonyl (C=O) groups excluding carboxylic acids is 1. The van der Waals surface area contributed by atoms with E-state index in [-0.39, 0.29) is 5.78 Å². The van der Waals surface area contributed by atoms with E-state index in [1.165, 1.54) is 0 Å². The first kappa shape index (κ1) is 11.8. The zero-order valence-corrected chi connectivity index (χ0v) is 10.5. The average Bonchev–Trinajstić information content (AvgIpc) is 2.70. The number of hydrogen-bond acceptors (Lipinski definition) is 3.